The number of nitrogens with zero attached hydrogens (tertiary/aromatic N) is 3. The Morgan fingerprint density at radius 3 is 2.45 bits per heavy atom. The molecule has 0 unspecified atom stereocenters. The number of benzene rings is 1. The SMILES string of the molecule is COc1ccc(-n2nc(C3(O)CCC(O)CC3)cc2-c2cccnc2OC)cc1. The Bertz CT molecular complexity index is 976. The van der Waals surface area contributed by atoms with Crippen molar-refractivity contribution in [3.05, 3.63) is 54.4 Å². The van der Waals surface area contributed by atoms with Crippen LogP contribution in [0, 0.1) is 0 Å². The zero-order valence-electron chi connectivity index (χ0n) is 16.6. The molecule has 0 radical (unpaired) electrons. The van der Waals surface area contributed by atoms with Crippen LogP contribution in [0.1, 0.15) is 31.4 Å². The van der Waals surface area contributed by atoms with Gasteiger partial charge in [0.15, 0.2) is 0 Å². The number of aromatic nitrogens is 3. The molecular weight excluding hydrogens is 370 g/mol. The van der Waals surface area contributed by atoms with Crippen LogP contribution in [0.15, 0.2) is 48.7 Å². The number of methoxy groups -OCH3 is 2. The molecule has 0 bridgehead atoms. The van der Waals surface area contributed by atoms with Gasteiger partial charge in [-0.05, 0) is 68.1 Å². The molecule has 1 aromatic carbocycles. The Balaban J connectivity index is 1.84. The van der Waals surface area contributed by atoms with Crippen molar-refractivity contribution >= 4 is 0 Å². The van der Waals surface area contributed by atoms with Crippen molar-refractivity contribution in [1.29, 1.82) is 0 Å². The van der Waals surface area contributed by atoms with Crippen molar-refractivity contribution < 1.29 is 19.7 Å². The minimum absolute atomic E-state index is 0.364. The Labute approximate surface area is 169 Å². The molecule has 0 amide bonds. The lowest BCUT2D eigenvalue weighted by Crippen LogP contribution is -2.33. The summed E-state index contributed by atoms with van der Waals surface area (Å²) in [5.41, 5.74) is 1.90. The molecule has 4 rings (SSSR count). The third-order valence-electron chi connectivity index (χ3n) is 5.53. The first-order valence-corrected chi connectivity index (χ1v) is 9.69. The van der Waals surface area contributed by atoms with Gasteiger partial charge in [0.25, 0.3) is 0 Å². The topological polar surface area (TPSA) is 89.6 Å². The molecule has 2 aromatic heterocycles. The predicted octanol–water partition coefficient (Wildman–Crippen LogP) is 3.07. The van der Waals surface area contributed by atoms with Crippen LogP contribution < -0.4 is 9.47 Å². The van der Waals surface area contributed by atoms with Gasteiger partial charge in [-0.1, -0.05) is 0 Å². The molecule has 3 aromatic rings. The third kappa shape index (κ3) is 3.71. The van der Waals surface area contributed by atoms with Crippen molar-refractivity contribution in [2.24, 2.45) is 0 Å². The molecule has 0 saturated heterocycles. The van der Waals surface area contributed by atoms with Gasteiger partial charge < -0.3 is 19.7 Å². The monoisotopic (exact) mass is 395 g/mol. The molecule has 2 heterocycles. The van der Waals surface area contributed by atoms with Gasteiger partial charge >= 0.3 is 0 Å². The van der Waals surface area contributed by atoms with E-state index in [1.807, 2.05) is 42.5 Å². The van der Waals surface area contributed by atoms with Crippen LogP contribution in [0.4, 0.5) is 0 Å². The summed E-state index contributed by atoms with van der Waals surface area (Å²) in [6, 6.07) is 13.2. The second-order valence-corrected chi connectivity index (χ2v) is 7.35. The molecule has 1 aliphatic carbocycles. The quantitative estimate of drug-likeness (QED) is 0.690. The Morgan fingerprint density at radius 1 is 1.07 bits per heavy atom. The van der Waals surface area contributed by atoms with E-state index in [-0.39, 0.29) is 6.10 Å². The molecule has 2 N–H and O–H groups in total. The minimum Gasteiger partial charge on any atom is -0.497 e. The fraction of sp³-hybridized carbons (Fsp3) is 0.364. The van der Waals surface area contributed by atoms with Crippen LogP contribution in [0.25, 0.3) is 16.9 Å². The van der Waals surface area contributed by atoms with Crippen LogP contribution in [-0.4, -0.2) is 45.3 Å². The molecule has 0 atom stereocenters. The van der Waals surface area contributed by atoms with E-state index in [1.54, 1.807) is 25.1 Å². The van der Waals surface area contributed by atoms with Crippen LogP contribution >= 0.6 is 0 Å². The van der Waals surface area contributed by atoms with Gasteiger partial charge in [0.05, 0.1) is 43.0 Å². The summed E-state index contributed by atoms with van der Waals surface area (Å²) < 4.78 is 12.5. The first-order valence-electron chi connectivity index (χ1n) is 9.69. The van der Waals surface area contributed by atoms with Crippen LogP contribution in [0.3, 0.4) is 0 Å². The summed E-state index contributed by atoms with van der Waals surface area (Å²) in [4.78, 5) is 4.31. The van der Waals surface area contributed by atoms with Crippen LogP contribution in [0.2, 0.25) is 0 Å². The Kier molecular flexibility index (Phi) is 5.25. The predicted molar refractivity (Wildman–Crippen MR) is 108 cm³/mol. The van der Waals surface area contributed by atoms with Gasteiger partial charge in [-0.25, -0.2) is 9.67 Å². The average molecular weight is 395 g/mol. The van der Waals surface area contributed by atoms with Gasteiger partial charge in [-0.15, -0.1) is 0 Å². The van der Waals surface area contributed by atoms with Gasteiger partial charge in [0.2, 0.25) is 5.88 Å². The second-order valence-electron chi connectivity index (χ2n) is 7.35. The molecule has 0 spiro atoms. The summed E-state index contributed by atoms with van der Waals surface area (Å²) in [6.07, 6.45) is 3.36. The maximum Gasteiger partial charge on any atom is 0.222 e. The maximum atomic E-state index is 11.2. The van der Waals surface area contributed by atoms with E-state index < -0.39 is 5.60 Å². The molecule has 7 nitrogen and oxygen atoms in total. The van der Waals surface area contributed by atoms with Crippen molar-refractivity contribution in [1.82, 2.24) is 14.8 Å². The van der Waals surface area contributed by atoms with Crippen molar-refractivity contribution in [3.63, 3.8) is 0 Å². The molecule has 1 saturated carbocycles. The maximum absolute atomic E-state index is 11.2. The number of hydrogen-bond acceptors (Lipinski definition) is 6. The summed E-state index contributed by atoms with van der Waals surface area (Å²) in [5, 5.41) is 25.9. The largest absolute Gasteiger partial charge is 0.497 e. The second kappa shape index (κ2) is 7.85. The lowest BCUT2D eigenvalue weighted by Gasteiger charge is -2.32. The van der Waals surface area contributed by atoms with E-state index >= 15 is 0 Å². The minimum atomic E-state index is -1.07. The number of rotatable bonds is 5. The van der Waals surface area contributed by atoms with E-state index in [2.05, 4.69) is 4.98 Å². The molecule has 1 aliphatic rings. The zero-order valence-corrected chi connectivity index (χ0v) is 16.6. The summed E-state index contributed by atoms with van der Waals surface area (Å²) >= 11 is 0. The van der Waals surface area contributed by atoms with E-state index in [0.29, 0.717) is 37.3 Å². The molecule has 0 aliphatic heterocycles. The summed E-state index contributed by atoms with van der Waals surface area (Å²) in [7, 11) is 3.21. The zero-order chi connectivity index (χ0) is 20.4. The fourth-order valence-corrected chi connectivity index (χ4v) is 3.81. The van der Waals surface area contributed by atoms with E-state index in [9.17, 15) is 10.2 Å². The highest BCUT2D eigenvalue weighted by Gasteiger charge is 2.37. The van der Waals surface area contributed by atoms with Crippen molar-refractivity contribution in [2.45, 2.75) is 37.4 Å². The molecule has 7 heteroatoms. The molecule has 1 fully saturated rings. The van der Waals surface area contributed by atoms with Gasteiger partial charge in [-0.3, -0.25) is 0 Å². The smallest absolute Gasteiger partial charge is 0.222 e. The molecular formula is C22H25N3O4. The number of aliphatic hydroxyl groups is 2. The lowest BCUT2D eigenvalue weighted by atomic mass is 9.81. The molecule has 152 valence electrons. The first-order chi connectivity index (χ1) is 14.0. The summed E-state index contributed by atoms with van der Waals surface area (Å²) in [5.74, 6) is 1.24. The molecule has 29 heavy (non-hydrogen) atoms. The lowest BCUT2D eigenvalue weighted by molar-refractivity contribution is -0.0393. The van der Waals surface area contributed by atoms with Crippen LogP contribution in [0.5, 0.6) is 11.6 Å². The highest BCUT2D eigenvalue weighted by Crippen LogP contribution is 2.39. The highest BCUT2D eigenvalue weighted by molar-refractivity contribution is 5.68. The Morgan fingerprint density at radius 2 is 1.79 bits per heavy atom. The Hall–Kier alpha value is -2.90. The first kappa shape index (κ1) is 19.4. The summed E-state index contributed by atoms with van der Waals surface area (Å²) in [6.45, 7) is 0. The number of ether oxygens (including phenoxy) is 2. The third-order valence-corrected chi connectivity index (χ3v) is 5.53. The van der Waals surface area contributed by atoms with E-state index in [0.717, 1.165) is 22.7 Å². The highest BCUT2D eigenvalue weighted by atomic mass is 16.5. The fourth-order valence-electron chi connectivity index (χ4n) is 3.81. The average Bonchev–Trinajstić information content (AvgIpc) is 3.22. The number of pyridine rings is 1. The van der Waals surface area contributed by atoms with E-state index in [1.165, 1.54) is 0 Å². The van der Waals surface area contributed by atoms with Crippen molar-refractivity contribution in [2.75, 3.05) is 14.2 Å². The van der Waals surface area contributed by atoms with Crippen LogP contribution in [-0.2, 0) is 5.60 Å². The normalized spacial score (nSPS) is 21.7. The van der Waals surface area contributed by atoms with Crippen molar-refractivity contribution in [3.8, 4) is 28.6 Å². The number of hydrogen-bond donors (Lipinski definition) is 2. The standard InChI is InChI=1S/C22H25N3O4/c1-28-17-7-5-15(6-8-17)25-19(18-4-3-13-23-21(18)29-2)14-20(24-25)22(27)11-9-16(26)10-12-22/h3-8,13-14,16,26-27H,9-12H2,1-2H3. The number of aliphatic hydroxyl groups excluding tert-OH is 1. The van der Waals surface area contributed by atoms with E-state index in [4.69, 9.17) is 14.6 Å². The van der Waals surface area contributed by atoms with Gasteiger partial charge in [-0.2, -0.15) is 5.10 Å². The van der Waals surface area contributed by atoms with Gasteiger partial charge in [0.1, 0.15) is 11.4 Å². The van der Waals surface area contributed by atoms with Gasteiger partial charge in [0, 0.05) is 6.20 Å².